The summed E-state index contributed by atoms with van der Waals surface area (Å²) < 4.78 is 1.14. The van der Waals surface area contributed by atoms with Crippen LogP contribution in [-0.4, -0.2) is 12.2 Å². The maximum Gasteiger partial charge on any atom is 0.339 e. The summed E-state index contributed by atoms with van der Waals surface area (Å²) >= 11 is 9.14. The third-order valence-electron chi connectivity index (χ3n) is 3.02. The molecule has 0 unspecified atom stereocenters. The van der Waals surface area contributed by atoms with Crippen molar-refractivity contribution < 1.29 is 4.79 Å². The highest BCUT2D eigenvalue weighted by Gasteiger charge is 2.02. The van der Waals surface area contributed by atoms with Crippen molar-refractivity contribution >= 4 is 52.6 Å². The van der Waals surface area contributed by atoms with E-state index in [1.54, 1.807) is 29.3 Å². The smallest absolute Gasteiger partial charge is 0.307 e. The van der Waals surface area contributed by atoms with Gasteiger partial charge in [-0.2, -0.15) is 5.10 Å². The number of hydrazone groups is 1. The van der Waals surface area contributed by atoms with Gasteiger partial charge in [-0.15, -0.1) is 11.3 Å². The first-order chi connectivity index (χ1) is 12.2. The Morgan fingerprint density at radius 2 is 1.80 bits per heavy atom. The Labute approximate surface area is 158 Å². The fourth-order valence-electron chi connectivity index (χ4n) is 1.91. The van der Waals surface area contributed by atoms with E-state index in [1.807, 2.05) is 66.7 Å². The van der Waals surface area contributed by atoms with Gasteiger partial charge in [0.2, 0.25) is 0 Å². The molecule has 7 heteroatoms. The van der Waals surface area contributed by atoms with E-state index in [-0.39, 0.29) is 6.03 Å². The molecular formula is C18H14ClN3OS2. The van der Waals surface area contributed by atoms with E-state index in [0.29, 0.717) is 5.69 Å². The van der Waals surface area contributed by atoms with E-state index in [9.17, 15) is 4.79 Å². The van der Waals surface area contributed by atoms with Gasteiger partial charge in [-0.1, -0.05) is 41.6 Å². The fourth-order valence-corrected chi connectivity index (χ4v) is 4.03. The van der Waals surface area contributed by atoms with Gasteiger partial charge in [-0.05, 0) is 48.5 Å². The molecule has 0 saturated carbocycles. The van der Waals surface area contributed by atoms with E-state index >= 15 is 0 Å². The average Bonchev–Trinajstić information content (AvgIpc) is 3.05. The van der Waals surface area contributed by atoms with Crippen LogP contribution in [0.15, 0.2) is 80.9 Å². The minimum atomic E-state index is -0.380. The van der Waals surface area contributed by atoms with E-state index in [0.717, 1.165) is 19.0 Å². The standard InChI is InChI=1S/C18H14ClN3OS2/c19-13-6-8-15(9-7-13)24-17-11-10-16(25-17)12-20-22-18(23)21-14-4-2-1-3-5-14/h1-12H,(H2,21,22,23)/b20-12+. The van der Waals surface area contributed by atoms with Crippen LogP contribution in [0.25, 0.3) is 0 Å². The summed E-state index contributed by atoms with van der Waals surface area (Å²) in [4.78, 5) is 13.8. The van der Waals surface area contributed by atoms with Gasteiger partial charge in [0.15, 0.2) is 0 Å². The number of hydrogen-bond acceptors (Lipinski definition) is 4. The van der Waals surface area contributed by atoms with Crippen LogP contribution < -0.4 is 10.7 Å². The van der Waals surface area contributed by atoms with Crippen LogP contribution in [-0.2, 0) is 0 Å². The number of thiophene rings is 1. The lowest BCUT2D eigenvalue weighted by Gasteiger charge is -2.02. The molecule has 1 heterocycles. The molecule has 2 N–H and O–H groups in total. The summed E-state index contributed by atoms with van der Waals surface area (Å²) in [5.74, 6) is 0. The Kier molecular flexibility index (Phi) is 6.11. The van der Waals surface area contributed by atoms with Crippen molar-refractivity contribution in [1.82, 2.24) is 5.43 Å². The summed E-state index contributed by atoms with van der Waals surface area (Å²) in [6.07, 6.45) is 1.63. The van der Waals surface area contributed by atoms with Crippen molar-refractivity contribution in [3.05, 3.63) is 76.6 Å². The minimum Gasteiger partial charge on any atom is -0.307 e. The summed E-state index contributed by atoms with van der Waals surface area (Å²) in [6, 6.07) is 20.5. The zero-order valence-corrected chi connectivity index (χ0v) is 15.4. The lowest BCUT2D eigenvalue weighted by molar-refractivity contribution is 0.252. The van der Waals surface area contributed by atoms with E-state index in [2.05, 4.69) is 15.8 Å². The minimum absolute atomic E-state index is 0.380. The Hall–Kier alpha value is -2.28. The predicted molar refractivity (Wildman–Crippen MR) is 106 cm³/mol. The molecule has 3 rings (SSSR count). The average molecular weight is 388 g/mol. The Morgan fingerprint density at radius 3 is 2.56 bits per heavy atom. The zero-order valence-electron chi connectivity index (χ0n) is 13.0. The molecule has 0 radical (unpaired) electrons. The number of para-hydroxylation sites is 1. The quantitative estimate of drug-likeness (QED) is 0.435. The molecule has 3 aromatic rings. The second-order valence-electron chi connectivity index (χ2n) is 4.90. The Bertz CT molecular complexity index is 864. The second-order valence-corrected chi connectivity index (χ2v) is 7.83. The highest BCUT2D eigenvalue weighted by atomic mass is 35.5. The van der Waals surface area contributed by atoms with Crippen LogP contribution in [0.4, 0.5) is 10.5 Å². The van der Waals surface area contributed by atoms with Gasteiger partial charge in [0, 0.05) is 20.5 Å². The number of benzene rings is 2. The van der Waals surface area contributed by atoms with Crippen LogP contribution in [0, 0.1) is 0 Å². The molecule has 126 valence electrons. The first-order valence-electron chi connectivity index (χ1n) is 7.37. The maximum atomic E-state index is 11.7. The summed E-state index contributed by atoms with van der Waals surface area (Å²) in [6.45, 7) is 0. The number of rotatable bonds is 5. The van der Waals surface area contributed by atoms with Crippen molar-refractivity contribution in [3.8, 4) is 0 Å². The predicted octanol–water partition coefficient (Wildman–Crippen LogP) is 5.71. The normalized spacial score (nSPS) is 10.8. The molecule has 2 amide bonds. The van der Waals surface area contributed by atoms with E-state index < -0.39 is 0 Å². The van der Waals surface area contributed by atoms with Gasteiger partial charge in [0.25, 0.3) is 0 Å². The van der Waals surface area contributed by atoms with Crippen molar-refractivity contribution in [1.29, 1.82) is 0 Å². The third kappa shape index (κ3) is 5.63. The molecule has 0 bridgehead atoms. The van der Waals surface area contributed by atoms with Crippen molar-refractivity contribution in [3.63, 3.8) is 0 Å². The van der Waals surface area contributed by atoms with E-state index in [1.165, 1.54) is 0 Å². The molecule has 0 atom stereocenters. The monoisotopic (exact) mass is 387 g/mol. The second kappa shape index (κ2) is 8.71. The first-order valence-corrected chi connectivity index (χ1v) is 9.38. The van der Waals surface area contributed by atoms with Crippen molar-refractivity contribution in [2.75, 3.05) is 5.32 Å². The molecular weight excluding hydrogens is 374 g/mol. The largest absolute Gasteiger partial charge is 0.339 e. The van der Waals surface area contributed by atoms with Gasteiger partial charge >= 0.3 is 6.03 Å². The topological polar surface area (TPSA) is 53.5 Å². The van der Waals surface area contributed by atoms with Crippen LogP contribution >= 0.6 is 34.7 Å². The van der Waals surface area contributed by atoms with Crippen LogP contribution in [0.1, 0.15) is 4.88 Å². The molecule has 0 fully saturated rings. The number of carbonyl (C=O) groups excluding carboxylic acids is 1. The van der Waals surface area contributed by atoms with Gasteiger partial charge < -0.3 is 5.32 Å². The third-order valence-corrected chi connectivity index (χ3v) is 5.44. The summed E-state index contributed by atoms with van der Waals surface area (Å²) in [5.41, 5.74) is 3.17. The molecule has 25 heavy (non-hydrogen) atoms. The molecule has 0 saturated heterocycles. The number of urea groups is 1. The Morgan fingerprint density at radius 1 is 1.04 bits per heavy atom. The van der Waals surface area contributed by atoms with Gasteiger partial charge in [-0.3, -0.25) is 0 Å². The van der Waals surface area contributed by atoms with Crippen LogP contribution in [0.5, 0.6) is 0 Å². The molecule has 0 aliphatic heterocycles. The Balaban J connectivity index is 1.51. The number of carbonyl (C=O) groups is 1. The van der Waals surface area contributed by atoms with Gasteiger partial charge in [-0.25, -0.2) is 10.2 Å². The highest BCUT2D eigenvalue weighted by Crippen LogP contribution is 2.33. The van der Waals surface area contributed by atoms with Crippen molar-refractivity contribution in [2.45, 2.75) is 9.10 Å². The number of halogens is 1. The SMILES string of the molecule is O=C(N/N=C/c1ccc(Sc2ccc(Cl)cc2)s1)Nc1ccccc1. The number of nitrogens with zero attached hydrogens (tertiary/aromatic N) is 1. The summed E-state index contributed by atoms with van der Waals surface area (Å²) in [7, 11) is 0. The molecule has 0 aliphatic rings. The lowest BCUT2D eigenvalue weighted by atomic mass is 10.3. The van der Waals surface area contributed by atoms with Crippen LogP contribution in [0.2, 0.25) is 5.02 Å². The zero-order chi connectivity index (χ0) is 17.5. The molecule has 4 nitrogen and oxygen atoms in total. The lowest BCUT2D eigenvalue weighted by Crippen LogP contribution is -2.24. The molecule has 0 spiro atoms. The number of hydrogen-bond donors (Lipinski definition) is 2. The first kappa shape index (κ1) is 17.5. The molecule has 2 aromatic carbocycles. The van der Waals surface area contributed by atoms with Gasteiger partial charge in [0.1, 0.15) is 0 Å². The van der Waals surface area contributed by atoms with Gasteiger partial charge in [0.05, 0.1) is 10.4 Å². The number of anilines is 1. The summed E-state index contributed by atoms with van der Waals surface area (Å²) in [5, 5.41) is 7.39. The molecule has 1 aromatic heterocycles. The van der Waals surface area contributed by atoms with E-state index in [4.69, 9.17) is 11.6 Å². The molecule has 0 aliphatic carbocycles. The van der Waals surface area contributed by atoms with Crippen LogP contribution in [0.3, 0.4) is 0 Å². The highest BCUT2D eigenvalue weighted by molar-refractivity contribution is 8.01. The fraction of sp³-hybridized carbons (Fsp3) is 0. The number of nitrogens with one attached hydrogen (secondary N) is 2. The van der Waals surface area contributed by atoms with Crippen molar-refractivity contribution in [2.24, 2.45) is 5.10 Å². The number of amides is 2. The maximum absolute atomic E-state index is 11.7.